The third-order valence-electron chi connectivity index (χ3n) is 3.18. The van der Waals surface area contributed by atoms with E-state index in [2.05, 4.69) is 15.5 Å². The topological polar surface area (TPSA) is 80.9 Å². The fourth-order valence-corrected chi connectivity index (χ4v) is 2.87. The molecule has 94 valence electrons. The molecule has 1 aliphatic carbocycles. The third-order valence-corrected chi connectivity index (χ3v) is 4.16. The Kier molecular flexibility index (Phi) is 4.06. The first-order valence-electron chi connectivity index (χ1n) is 6.07. The van der Waals surface area contributed by atoms with E-state index in [0.717, 1.165) is 30.7 Å². The minimum absolute atomic E-state index is 0.00570. The van der Waals surface area contributed by atoms with Gasteiger partial charge in [-0.3, -0.25) is 4.79 Å². The largest absolute Gasteiger partial charge is 0.327 e. The van der Waals surface area contributed by atoms with Crippen LogP contribution in [0.4, 0.5) is 5.13 Å². The number of nitrogens with one attached hydrogen (secondary N) is 1. The monoisotopic (exact) mass is 254 g/mol. The summed E-state index contributed by atoms with van der Waals surface area (Å²) in [6.07, 6.45) is 4.59. The maximum atomic E-state index is 11.8. The second kappa shape index (κ2) is 5.55. The lowest BCUT2D eigenvalue weighted by molar-refractivity contribution is -0.117. The standard InChI is InChI=1S/C11H18N4OS/c1-2-10-14-15-11(17-10)13-9(16)6-7-4-3-5-8(7)12/h7-8H,2-6,12H2,1H3,(H,13,15,16)/t7-,8+/m0/s1. The molecule has 0 saturated heterocycles. The highest BCUT2D eigenvalue weighted by Crippen LogP contribution is 2.27. The van der Waals surface area contributed by atoms with Crippen molar-refractivity contribution in [2.45, 2.75) is 45.1 Å². The second-order valence-corrected chi connectivity index (χ2v) is 5.52. The Morgan fingerprint density at radius 3 is 2.94 bits per heavy atom. The summed E-state index contributed by atoms with van der Waals surface area (Å²) in [5.41, 5.74) is 5.94. The van der Waals surface area contributed by atoms with Crippen LogP contribution in [0.5, 0.6) is 0 Å². The van der Waals surface area contributed by atoms with E-state index >= 15 is 0 Å². The summed E-state index contributed by atoms with van der Waals surface area (Å²) < 4.78 is 0. The first-order valence-corrected chi connectivity index (χ1v) is 6.88. The molecule has 2 rings (SSSR count). The van der Waals surface area contributed by atoms with E-state index in [9.17, 15) is 4.79 Å². The predicted octanol–water partition coefficient (Wildman–Crippen LogP) is 1.56. The fourth-order valence-electron chi connectivity index (χ4n) is 2.17. The third kappa shape index (κ3) is 3.23. The van der Waals surface area contributed by atoms with E-state index in [1.54, 1.807) is 0 Å². The molecule has 3 N–H and O–H groups in total. The maximum Gasteiger partial charge on any atom is 0.226 e. The molecule has 2 atom stereocenters. The van der Waals surface area contributed by atoms with Crippen molar-refractivity contribution in [2.75, 3.05) is 5.32 Å². The van der Waals surface area contributed by atoms with E-state index in [1.807, 2.05) is 6.92 Å². The predicted molar refractivity (Wildman–Crippen MR) is 67.9 cm³/mol. The summed E-state index contributed by atoms with van der Waals surface area (Å²) in [6.45, 7) is 2.02. The highest BCUT2D eigenvalue weighted by molar-refractivity contribution is 7.15. The molecule has 1 aromatic heterocycles. The second-order valence-electron chi connectivity index (χ2n) is 4.46. The molecule has 1 amide bonds. The lowest BCUT2D eigenvalue weighted by Crippen LogP contribution is -2.28. The van der Waals surface area contributed by atoms with Gasteiger partial charge in [0.2, 0.25) is 11.0 Å². The number of anilines is 1. The molecule has 17 heavy (non-hydrogen) atoms. The Balaban J connectivity index is 1.84. The van der Waals surface area contributed by atoms with Crippen molar-refractivity contribution >= 4 is 22.4 Å². The lowest BCUT2D eigenvalue weighted by atomic mass is 10.00. The van der Waals surface area contributed by atoms with Gasteiger partial charge in [-0.25, -0.2) is 0 Å². The van der Waals surface area contributed by atoms with E-state index in [4.69, 9.17) is 5.73 Å². The van der Waals surface area contributed by atoms with Crippen LogP contribution in [0.1, 0.15) is 37.6 Å². The SMILES string of the molecule is CCc1nnc(NC(=O)C[C@@H]2CCC[C@H]2N)s1. The summed E-state index contributed by atoms with van der Waals surface area (Å²) in [6, 6.07) is 0.182. The molecular formula is C11H18N4OS. The molecule has 0 unspecified atom stereocenters. The van der Waals surface area contributed by atoms with Crippen molar-refractivity contribution in [2.24, 2.45) is 11.7 Å². The van der Waals surface area contributed by atoms with Gasteiger partial charge in [0.25, 0.3) is 0 Å². The summed E-state index contributed by atoms with van der Waals surface area (Å²) in [5, 5.41) is 12.2. The van der Waals surface area contributed by atoms with Crippen LogP contribution in [-0.2, 0) is 11.2 Å². The molecule has 6 heteroatoms. The number of hydrogen-bond acceptors (Lipinski definition) is 5. The molecule has 0 spiro atoms. The zero-order valence-electron chi connectivity index (χ0n) is 9.98. The number of nitrogens with two attached hydrogens (primary N) is 1. The molecular weight excluding hydrogens is 236 g/mol. The Hall–Kier alpha value is -1.01. The van der Waals surface area contributed by atoms with Crippen LogP contribution < -0.4 is 11.1 Å². The normalized spacial score (nSPS) is 23.9. The first-order chi connectivity index (χ1) is 8.19. The number of aryl methyl sites for hydroxylation is 1. The average molecular weight is 254 g/mol. The van der Waals surface area contributed by atoms with E-state index < -0.39 is 0 Å². The van der Waals surface area contributed by atoms with Crippen LogP contribution in [-0.4, -0.2) is 22.1 Å². The van der Waals surface area contributed by atoms with Gasteiger partial charge < -0.3 is 11.1 Å². The molecule has 0 aliphatic heterocycles. The molecule has 5 nitrogen and oxygen atoms in total. The number of aromatic nitrogens is 2. The van der Waals surface area contributed by atoms with Gasteiger partial charge in [-0.05, 0) is 25.2 Å². The number of carbonyl (C=O) groups is 1. The fraction of sp³-hybridized carbons (Fsp3) is 0.727. The smallest absolute Gasteiger partial charge is 0.226 e. The van der Waals surface area contributed by atoms with Crippen LogP contribution in [0.3, 0.4) is 0 Å². The van der Waals surface area contributed by atoms with Gasteiger partial charge in [-0.1, -0.05) is 24.7 Å². The zero-order valence-corrected chi connectivity index (χ0v) is 10.8. The lowest BCUT2D eigenvalue weighted by Gasteiger charge is -2.13. The maximum absolute atomic E-state index is 11.8. The average Bonchev–Trinajstić information content (AvgIpc) is 2.89. The minimum Gasteiger partial charge on any atom is -0.327 e. The van der Waals surface area contributed by atoms with Gasteiger partial charge in [0.15, 0.2) is 0 Å². The number of rotatable bonds is 4. The zero-order chi connectivity index (χ0) is 12.3. The van der Waals surface area contributed by atoms with Crippen molar-refractivity contribution in [3.05, 3.63) is 5.01 Å². The summed E-state index contributed by atoms with van der Waals surface area (Å²) in [7, 11) is 0. The van der Waals surface area contributed by atoms with E-state index in [0.29, 0.717) is 17.5 Å². The molecule has 0 aromatic carbocycles. The van der Waals surface area contributed by atoms with Gasteiger partial charge in [0.05, 0.1) is 0 Å². The van der Waals surface area contributed by atoms with Crippen LogP contribution in [0, 0.1) is 5.92 Å². The van der Waals surface area contributed by atoms with Crippen molar-refractivity contribution in [3.63, 3.8) is 0 Å². The van der Waals surface area contributed by atoms with Crippen LogP contribution in [0.25, 0.3) is 0 Å². The van der Waals surface area contributed by atoms with Gasteiger partial charge >= 0.3 is 0 Å². The molecule has 1 fully saturated rings. The first kappa shape index (κ1) is 12.4. The molecule has 1 heterocycles. The Labute approximate surface area is 105 Å². The summed E-state index contributed by atoms with van der Waals surface area (Å²) in [5.74, 6) is 0.333. The van der Waals surface area contributed by atoms with Crippen molar-refractivity contribution in [3.8, 4) is 0 Å². The van der Waals surface area contributed by atoms with Crippen LogP contribution in [0.15, 0.2) is 0 Å². The molecule has 0 radical (unpaired) electrons. The molecule has 1 aromatic rings. The number of amides is 1. The van der Waals surface area contributed by atoms with Crippen molar-refractivity contribution in [1.82, 2.24) is 10.2 Å². The summed E-state index contributed by atoms with van der Waals surface area (Å²) >= 11 is 1.43. The summed E-state index contributed by atoms with van der Waals surface area (Å²) in [4.78, 5) is 11.8. The van der Waals surface area contributed by atoms with Crippen LogP contribution >= 0.6 is 11.3 Å². The highest BCUT2D eigenvalue weighted by Gasteiger charge is 2.26. The number of hydrogen-bond donors (Lipinski definition) is 2. The highest BCUT2D eigenvalue weighted by atomic mass is 32.1. The number of nitrogens with zero attached hydrogens (tertiary/aromatic N) is 2. The van der Waals surface area contributed by atoms with Gasteiger partial charge in [0.1, 0.15) is 5.01 Å². The van der Waals surface area contributed by atoms with E-state index in [1.165, 1.54) is 11.3 Å². The van der Waals surface area contributed by atoms with Gasteiger partial charge in [-0.15, -0.1) is 10.2 Å². The Morgan fingerprint density at radius 1 is 1.53 bits per heavy atom. The van der Waals surface area contributed by atoms with Gasteiger partial charge in [0, 0.05) is 12.5 Å². The molecule has 1 aliphatic rings. The molecule has 1 saturated carbocycles. The Bertz CT molecular complexity index is 393. The quantitative estimate of drug-likeness (QED) is 0.854. The van der Waals surface area contributed by atoms with E-state index in [-0.39, 0.29) is 11.9 Å². The van der Waals surface area contributed by atoms with Crippen molar-refractivity contribution < 1.29 is 4.79 Å². The number of carbonyl (C=O) groups excluding carboxylic acids is 1. The Morgan fingerprint density at radius 2 is 2.35 bits per heavy atom. The minimum atomic E-state index is 0.00570. The van der Waals surface area contributed by atoms with Gasteiger partial charge in [-0.2, -0.15) is 0 Å². The molecule has 0 bridgehead atoms. The van der Waals surface area contributed by atoms with Crippen molar-refractivity contribution in [1.29, 1.82) is 0 Å². The van der Waals surface area contributed by atoms with Crippen LogP contribution in [0.2, 0.25) is 0 Å².